The third-order valence-electron chi connectivity index (χ3n) is 3.83. The number of hydrogen-bond donors (Lipinski definition) is 1. The normalized spacial score (nSPS) is 27.9. The molecule has 0 spiro atoms. The van der Waals surface area contributed by atoms with Crippen LogP contribution in [0.5, 0.6) is 0 Å². The highest BCUT2D eigenvalue weighted by atomic mass is 16.5. The molecule has 1 atom stereocenters. The predicted molar refractivity (Wildman–Crippen MR) is 69.5 cm³/mol. The van der Waals surface area contributed by atoms with Gasteiger partial charge in [0.2, 0.25) is 0 Å². The molecular formula is C14H29NO. The fraction of sp³-hybridized carbons (Fsp3) is 1.00. The number of hydrogen-bond acceptors (Lipinski definition) is 2. The molecule has 1 fully saturated rings. The van der Waals surface area contributed by atoms with Crippen LogP contribution in [0.2, 0.25) is 0 Å². The Morgan fingerprint density at radius 3 is 2.44 bits per heavy atom. The number of unbranched alkanes of at least 4 members (excludes halogenated alkanes) is 1. The molecule has 96 valence electrons. The van der Waals surface area contributed by atoms with Crippen LogP contribution in [-0.4, -0.2) is 18.8 Å². The van der Waals surface area contributed by atoms with E-state index in [4.69, 9.17) is 10.5 Å². The minimum Gasteiger partial charge on any atom is -0.378 e. The van der Waals surface area contributed by atoms with Crippen molar-refractivity contribution in [3.63, 3.8) is 0 Å². The Morgan fingerprint density at radius 2 is 1.88 bits per heavy atom. The van der Waals surface area contributed by atoms with E-state index in [9.17, 15) is 0 Å². The van der Waals surface area contributed by atoms with Gasteiger partial charge in [-0.2, -0.15) is 0 Å². The fourth-order valence-electron chi connectivity index (χ4n) is 2.43. The summed E-state index contributed by atoms with van der Waals surface area (Å²) in [7, 11) is 0. The zero-order valence-corrected chi connectivity index (χ0v) is 11.1. The summed E-state index contributed by atoms with van der Waals surface area (Å²) in [5.74, 6) is 0.774. The van der Waals surface area contributed by atoms with Crippen molar-refractivity contribution in [3.05, 3.63) is 0 Å². The van der Waals surface area contributed by atoms with Gasteiger partial charge in [-0.05, 0) is 38.0 Å². The molecule has 1 aliphatic rings. The van der Waals surface area contributed by atoms with Gasteiger partial charge >= 0.3 is 0 Å². The summed E-state index contributed by atoms with van der Waals surface area (Å²) in [5, 5.41) is 0. The van der Waals surface area contributed by atoms with Gasteiger partial charge in [0, 0.05) is 12.6 Å². The van der Waals surface area contributed by atoms with Crippen LogP contribution in [0.25, 0.3) is 0 Å². The average Bonchev–Trinajstić information content (AvgIpc) is 2.32. The molecule has 0 aromatic rings. The maximum atomic E-state index is 6.03. The lowest BCUT2D eigenvalue weighted by Crippen LogP contribution is -2.31. The quantitative estimate of drug-likeness (QED) is 0.722. The van der Waals surface area contributed by atoms with Crippen molar-refractivity contribution in [2.45, 2.75) is 77.4 Å². The first kappa shape index (κ1) is 14.0. The van der Waals surface area contributed by atoms with Gasteiger partial charge in [0.05, 0.1) is 6.10 Å². The smallest absolute Gasteiger partial charge is 0.0576 e. The maximum Gasteiger partial charge on any atom is 0.0576 e. The minimum atomic E-state index is 0.432. The number of ether oxygens (including phenoxy) is 1. The molecule has 2 nitrogen and oxygen atoms in total. The summed E-state index contributed by atoms with van der Waals surface area (Å²) in [6.07, 6.45) is 10.4. The summed E-state index contributed by atoms with van der Waals surface area (Å²) < 4.78 is 6.03. The molecule has 2 heteroatoms. The van der Waals surface area contributed by atoms with Crippen LogP contribution in [-0.2, 0) is 4.74 Å². The van der Waals surface area contributed by atoms with E-state index < -0.39 is 0 Å². The van der Waals surface area contributed by atoms with E-state index in [1.165, 1.54) is 38.5 Å². The largest absolute Gasteiger partial charge is 0.378 e. The van der Waals surface area contributed by atoms with E-state index in [0.29, 0.717) is 12.1 Å². The number of rotatable bonds is 7. The van der Waals surface area contributed by atoms with E-state index in [0.717, 1.165) is 25.4 Å². The van der Waals surface area contributed by atoms with Gasteiger partial charge in [0.25, 0.3) is 0 Å². The Bertz CT molecular complexity index is 159. The Morgan fingerprint density at radius 1 is 1.19 bits per heavy atom. The topological polar surface area (TPSA) is 35.2 Å². The van der Waals surface area contributed by atoms with Crippen molar-refractivity contribution in [3.8, 4) is 0 Å². The molecule has 0 bridgehead atoms. The summed E-state index contributed by atoms with van der Waals surface area (Å²) >= 11 is 0. The lowest BCUT2D eigenvalue weighted by atomic mass is 9.93. The zero-order chi connectivity index (χ0) is 11.8. The van der Waals surface area contributed by atoms with Gasteiger partial charge in [-0.3, -0.25) is 0 Å². The van der Waals surface area contributed by atoms with Crippen molar-refractivity contribution in [1.29, 1.82) is 0 Å². The van der Waals surface area contributed by atoms with E-state index in [-0.39, 0.29) is 0 Å². The summed E-state index contributed by atoms with van der Waals surface area (Å²) in [6, 6.07) is 0.432. The molecule has 0 heterocycles. The van der Waals surface area contributed by atoms with Crippen LogP contribution in [0.15, 0.2) is 0 Å². The highest BCUT2D eigenvalue weighted by molar-refractivity contribution is 4.74. The standard InChI is InChI=1S/C14H29NO/c1-3-5-6-12(4-2)11-16-14-9-7-13(15)8-10-14/h12-14H,3-11,15H2,1-2H3. The van der Waals surface area contributed by atoms with E-state index in [1.54, 1.807) is 0 Å². The molecule has 1 saturated carbocycles. The summed E-state index contributed by atoms with van der Waals surface area (Å²) in [4.78, 5) is 0. The molecule has 1 rings (SSSR count). The fourth-order valence-corrected chi connectivity index (χ4v) is 2.43. The predicted octanol–water partition coefficient (Wildman–Crippen LogP) is 3.49. The third kappa shape index (κ3) is 5.31. The van der Waals surface area contributed by atoms with Gasteiger partial charge in [-0.25, -0.2) is 0 Å². The van der Waals surface area contributed by atoms with Crippen LogP contribution < -0.4 is 5.73 Å². The van der Waals surface area contributed by atoms with Gasteiger partial charge in [-0.1, -0.05) is 33.1 Å². The molecule has 0 radical (unpaired) electrons. The molecule has 1 unspecified atom stereocenters. The van der Waals surface area contributed by atoms with Gasteiger partial charge in [-0.15, -0.1) is 0 Å². The maximum absolute atomic E-state index is 6.03. The highest BCUT2D eigenvalue weighted by Crippen LogP contribution is 2.22. The SMILES string of the molecule is CCCCC(CC)COC1CCC(N)CC1. The second kappa shape index (κ2) is 8.08. The summed E-state index contributed by atoms with van der Waals surface area (Å²) in [6.45, 7) is 5.51. The van der Waals surface area contributed by atoms with Crippen molar-refractivity contribution in [1.82, 2.24) is 0 Å². The Hall–Kier alpha value is -0.0800. The molecule has 1 aliphatic carbocycles. The highest BCUT2D eigenvalue weighted by Gasteiger charge is 2.19. The van der Waals surface area contributed by atoms with Crippen LogP contribution in [0.1, 0.15) is 65.2 Å². The molecule has 2 N–H and O–H groups in total. The Kier molecular flexibility index (Phi) is 7.06. The van der Waals surface area contributed by atoms with Gasteiger partial charge in [0.15, 0.2) is 0 Å². The Labute approximate surface area is 101 Å². The first-order valence-electron chi connectivity index (χ1n) is 7.13. The monoisotopic (exact) mass is 227 g/mol. The Balaban J connectivity index is 2.11. The molecule has 16 heavy (non-hydrogen) atoms. The average molecular weight is 227 g/mol. The lowest BCUT2D eigenvalue weighted by molar-refractivity contribution is 0.00264. The molecule has 0 aromatic carbocycles. The second-order valence-electron chi connectivity index (χ2n) is 5.29. The van der Waals surface area contributed by atoms with Crippen molar-refractivity contribution in [2.24, 2.45) is 11.7 Å². The zero-order valence-electron chi connectivity index (χ0n) is 11.1. The number of nitrogens with two attached hydrogens (primary N) is 1. The van der Waals surface area contributed by atoms with Crippen LogP contribution in [0.4, 0.5) is 0 Å². The first-order chi connectivity index (χ1) is 7.76. The molecule has 0 saturated heterocycles. The van der Waals surface area contributed by atoms with Crippen LogP contribution >= 0.6 is 0 Å². The molecule has 0 aliphatic heterocycles. The van der Waals surface area contributed by atoms with Crippen molar-refractivity contribution < 1.29 is 4.74 Å². The minimum absolute atomic E-state index is 0.432. The van der Waals surface area contributed by atoms with Crippen LogP contribution in [0, 0.1) is 5.92 Å². The van der Waals surface area contributed by atoms with Crippen molar-refractivity contribution in [2.75, 3.05) is 6.61 Å². The van der Waals surface area contributed by atoms with E-state index in [1.807, 2.05) is 0 Å². The first-order valence-corrected chi connectivity index (χ1v) is 7.13. The molecule has 0 amide bonds. The van der Waals surface area contributed by atoms with Gasteiger partial charge < -0.3 is 10.5 Å². The molecular weight excluding hydrogens is 198 g/mol. The third-order valence-corrected chi connectivity index (χ3v) is 3.83. The van der Waals surface area contributed by atoms with E-state index >= 15 is 0 Å². The lowest BCUT2D eigenvalue weighted by Gasteiger charge is -2.27. The second-order valence-corrected chi connectivity index (χ2v) is 5.29. The van der Waals surface area contributed by atoms with Gasteiger partial charge in [0.1, 0.15) is 0 Å². The molecule has 0 aromatic heterocycles. The van der Waals surface area contributed by atoms with Crippen LogP contribution in [0.3, 0.4) is 0 Å². The van der Waals surface area contributed by atoms with Crippen molar-refractivity contribution >= 4 is 0 Å². The summed E-state index contributed by atoms with van der Waals surface area (Å²) in [5.41, 5.74) is 5.89. The van der Waals surface area contributed by atoms with E-state index in [2.05, 4.69) is 13.8 Å².